The molecule has 1 aromatic carbocycles. The number of hydrogen-bond acceptors (Lipinski definition) is 5. The molecule has 2 heterocycles. The van der Waals surface area contributed by atoms with Gasteiger partial charge in [0.15, 0.2) is 6.10 Å². The molecule has 4 unspecified atom stereocenters. The molecule has 212 valence electrons. The van der Waals surface area contributed by atoms with E-state index in [0.717, 1.165) is 31.2 Å². The molecule has 1 saturated heterocycles. The largest absolute Gasteiger partial charge is 0.436 e. The topological polar surface area (TPSA) is 117 Å². The van der Waals surface area contributed by atoms with Crippen molar-refractivity contribution in [1.82, 2.24) is 15.5 Å². The minimum atomic E-state index is -1.06. The van der Waals surface area contributed by atoms with E-state index < -0.39 is 29.3 Å². The van der Waals surface area contributed by atoms with Gasteiger partial charge in [-0.25, -0.2) is 4.79 Å². The Labute approximate surface area is 231 Å². The SMILES string of the molecule is Cc1ccc(NC(=O)C23CC2/C=C/CCCCCC(OC(=O)NC(C)(C)C)C(=O)N2CCCC2C(=O)N3)cc1. The lowest BCUT2D eigenvalue weighted by atomic mass is 10.1. The number of amides is 4. The first-order valence-electron chi connectivity index (χ1n) is 14.1. The zero-order valence-electron chi connectivity index (χ0n) is 23.5. The van der Waals surface area contributed by atoms with Gasteiger partial charge in [0.1, 0.15) is 11.6 Å². The Kier molecular flexibility index (Phi) is 8.67. The van der Waals surface area contributed by atoms with Crippen molar-refractivity contribution in [1.29, 1.82) is 0 Å². The molecule has 3 aliphatic rings. The Morgan fingerprint density at radius 1 is 1.05 bits per heavy atom. The van der Waals surface area contributed by atoms with Crippen molar-refractivity contribution in [2.45, 2.75) is 102 Å². The molecule has 4 atom stereocenters. The molecule has 39 heavy (non-hydrogen) atoms. The van der Waals surface area contributed by atoms with Crippen molar-refractivity contribution in [3.8, 4) is 0 Å². The van der Waals surface area contributed by atoms with E-state index in [0.29, 0.717) is 37.9 Å². The zero-order valence-corrected chi connectivity index (χ0v) is 23.5. The predicted molar refractivity (Wildman–Crippen MR) is 149 cm³/mol. The van der Waals surface area contributed by atoms with E-state index in [-0.39, 0.29) is 23.6 Å². The molecule has 4 rings (SSSR count). The Hall–Kier alpha value is -3.36. The molecule has 9 heteroatoms. The third kappa shape index (κ3) is 7.19. The van der Waals surface area contributed by atoms with Crippen LogP contribution < -0.4 is 16.0 Å². The third-order valence-electron chi connectivity index (χ3n) is 7.62. The summed E-state index contributed by atoms with van der Waals surface area (Å²) in [7, 11) is 0. The van der Waals surface area contributed by atoms with E-state index >= 15 is 0 Å². The van der Waals surface area contributed by atoms with Gasteiger partial charge in [-0.15, -0.1) is 0 Å². The average molecular weight is 539 g/mol. The van der Waals surface area contributed by atoms with E-state index in [1.807, 2.05) is 58.0 Å². The fraction of sp³-hybridized carbons (Fsp3) is 0.600. The molecule has 2 fully saturated rings. The van der Waals surface area contributed by atoms with Gasteiger partial charge in [-0.1, -0.05) is 36.3 Å². The summed E-state index contributed by atoms with van der Waals surface area (Å²) in [5.74, 6) is -1.06. The molecular formula is C30H42N4O5. The van der Waals surface area contributed by atoms with Crippen LogP contribution in [0.3, 0.4) is 0 Å². The minimum absolute atomic E-state index is 0.111. The summed E-state index contributed by atoms with van der Waals surface area (Å²) in [6, 6.07) is 6.83. The molecule has 2 aliphatic heterocycles. The van der Waals surface area contributed by atoms with Crippen LogP contribution in [0.2, 0.25) is 0 Å². The van der Waals surface area contributed by atoms with Gasteiger partial charge >= 0.3 is 6.09 Å². The van der Waals surface area contributed by atoms with Crippen LogP contribution in [0.1, 0.15) is 77.7 Å². The molecule has 0 bridgehead atoms. The molecule has 0 aromatic heterocycles. The van der Waals surface area contributed by atoms with Gasteiger partial charge in [-0.3, -0.25) is 14.4 Å². The second-order valence-corrected chi connectivity index (χ2v) is 12.1. The van der Waals surface area contributed by atoms with Gasteiger partial charge in [-0.2, -0.15) is 0 Å². The molecule has 1 saturated carbocycles. The quantitative estimate of drug-likeness (QED) is 0.499. The molecule has 0 radical (unpaired) electrons. The molecule has 4 amide bonds. The summed E-state index contributed by atoms with van der Waals surface area (Å²) >= 11 is 0. The second-order valence-electron chi connectivity index (χ2n) is 12.1. The first-order chi connectivity index (χ1) is 18.5. The number of alkyl carbamates (subject to hydrolysis) is 1. The van der Waals surface area contributed by atoms with Crippen LogP contribution in [0.5, 0.6) is 0 Å². The first-order valence-corrected chi connectivity index (χ1v) is 14.1. The highest BCUT2D eigenvalue weighted by Crippen LogP contribution is 2.46. The van der Waals surface area contributed by atoms with E-state index in [2.05, 4.69) is 22.0 Å². The summed E-state index contributed by atoms with van der Waals surface area (Å²) in [5.41, 5.74) is 0.199. The number of benzene rings is 1. The standard InChI is InChI=1S/C30H42N4O5/c1-20-14-16-22(17-15-20)31-27(37)30-19-21(30)11-8-6-5-7-9-13-24(39-28(38)33-29(2,3)4)26(36)34-18-10-12-23(34)25(35)32-30/h8,11,14-17,21,23-24H,5-7,9-10,12-13,18-19H2,1-4H3,(H,31,37)(H,32,35)(H,33,38)/b11-8+. The highest BCUT2D eigenvalue weighted by molar-refractivity contribution is 6.04. The monoisotopic (exact) mass is 538 g/mol. The maximum atomic E-state index is 13.6. The molecule has 9 nitrogen and oxygen atoms in total. The van der Waals surface area contributed by atoms with E-state index in [9.17, 15) is 19.2 Å². The number of carbonyl (C=O) groups is 4. The van der Waals surface area contributed by atoms with Crippen LogP contribution in [0, 0.1) is 12.8 Å². The van der Waals surface area contributed by atoms with Crippen molar-refractivity contribution in [2.24, 2.45) is 5.92 Å². The van der Waals surface area contributed by atoms with Gasteiger partial charge in [0.2, 0.25) is 5.91 Å². The van der Waals surface area contributed by atoms with E-state index in [1.165, 1.54) is 4.90 Å². The van der Waals surface area contributed by atoms with Gasteiger partial charge in [0.05, 0.1) is 0 Å². The van der Waals surface area contributed by atoms with Gasteiger partial charge < -0.3 is 25.6 Å². The maximum absolute atomic E-state index is 13.6. The normalized spacial score (nSPS) is 28.6. The Balaban J connectivity index is 1.54. The van der Waals surface area contributed by atoms with Gasteiger partial charge in [0, 0.05) is 23.7 Å². The van der Waals surface area contributed by atoms with Crippen LogP contribution >= 0.6 is 0 Å². The molecule has 0 spiro atoms. The number of anilines is 1. The van der Waals surface area contributed by atoms with Crippen molar-refractivity contribution < 1.29 is 23.9 Å². The number of allylic oxidation sites excluding steroid dienone is 1. The summed E-state index contributed by atoms with van der Waals surface area (Å²) in [6.07, 6.45) is 7.92. The smallest absolute Gasteiger partial charge is 0.408 e. The summed E-state index contributed by atoms with van der Waals surface area (Å²) in [4.78, 5) is 54.8. The zero-order chi connectivity index (χ0) is 28.2. The van der Waals surface area contributed by atoms with Crippen LogP contribution in [-0.2, 0) is 19.1 Å². The van der Waals surface area contributed by atoms with Gasteiger partial charge in [-0.05, 0) is 84.8 Å². The average Bonchev–Trinajstić information content (AvgIpc) is 3.32. The Morgan fingerprint density at radius 3 is 2.51 bits per heavy atom. The number of nitrogens with zero attached hydrogens (tertiary/aromatic N) is 1. The summed E-state index contributed by atoms with van der Waals surface area (Å²) < 4.78 is 5.62. The third-order valence-corrected chi connectivity index (χ3v) is 7.62. The van der Waals surface area contributed by atoms with E-state index in [1.54, 1.807) is 0 Å². The molecular weight excluding hydrogens is 496 g/mol. The molecule has 3 N–H and O–H groups in total. The number of aryl methyl sites for hydroxylation is 1. The number of carbonyl (C=O) groups excluding carboxylic acids is 4. The second kappa shape index (κ2) is 11.8. The lowest BCUT2D eigenvalue weighted by molar-refractivity contribution is -0.146. The summed E-state index contributed by atoms with van der Waals surface area (Å²) in [5, 5.41) is 8.76. The maximum Gasteiger partial charge on any atom is 0.408 e. The minimum Gasteiger partial charge on any atom is -0.436 e. The molecule has 1 aromatic rings. The van der Waals surface area contributed by atoms with Crippen LogP contribution in [0.4, 0.5) is 10.5 Å². The predicted octanol–water partition coefficient (Wildman–Crippen LogP) is 4.21. The highest BCUT2D eigenvalue weighted by atomic mass is 16.6. The summed E-state index contributed by atoms with van der Waals surface area (Å²) in [6.45, 7) is 7.92. The number of fused-ring (bicyclic) bond motifs is 2. The number of hydrogen-bond donors (Lipinski definition) is 3. The number of rotatable bonds is 3. The van der Waals surface area contributed by atoms with Crippen molar-refractivity contribution in [3.63, 3.8) is 0 Å². The highest BCUT2D eigenvalue weighted by Gasteiger charge is 2.60. The van der Waals surface area contributed by atoms with Gasteiger partial charge in [0.25, 0.3) is 11.8 Å². The fourth-order valence-electron chi connectivity index (χ4n) is 5.38. The Bertz CT molecular complexity index is 1110. The van der Waals surface area contributed by atoms with Crippen molar-refractivity contribution in [2.75, 3.05) is 11.9 Å². The van der Waals surface area contributed by atoms with Crippen LogP contribution in [0.15, 0.2) is 36.4 Å². The van der Waals surface area contributed by atoms with Crippen LogP contribution in [-0.4, -0.2) is 58.5 Å². The lowest BCUT2D eigenvalue weighted by Gasteiger charge is -2.30. The number of ether oxygens (including phenoxy) is 1. The van der Waals surface area contributed by atoms with Crippen molar-refractivity contribution in [3.05, 3.63) is 42.0 Å². The fourth-order valence-corrected chi connectivity index (χ4v) is 5.38. The first kappa shape index (κ1) is 28.6. The van der Waals surface area contributed by atoms with Crippen molar-refractivity contribution >= 4 is 29.5 Å². The van der Waals surface area contributed by atoms with E-state index in [4.69, 9.17) is 4.74 Å². The Morgan fingerprint density at radius 2 is 1.79 bits per heavy atom. The molecule has 1 aliphatic carbocycles. The lowest BCUT2D eigenvalue weighted by Crippen LogP contribution is -2.56. The van der Waals surface area contributed by atoms with Crippen LogP contribution in [0.25, 0.3) is 0 Å². The number of nitrogens with one attached hydrogen (secondary N) is 3.